The summed E-state index contributed by atoms with van der Waals surface area (Å²) in [5.41, 5.74) is 0. The lowest BCUT2D eigenvalue weighted by Gasteiger charge is -2.24. The van der Waals surface area contributed by atoms with E-state index in [1.54, 1.807) is 0 Å². The van der Waals surface area contributed by atoms with Crippen LogP contribution in [-0.2, 0) is 14.3 Å². The molecule has 0 bridgehead atoms. The SMILES string of the molecule is CCCCC/C=C/C=C/CCCCCCC(CC(=O)NC(CO)C(O)CCCCCCCCCCCC)OC(=O)CCCCCCCCCCCCCCC. The third kappa shape index (κ3) is 39.0. The summed E-state index contributed by atoms with van der Waals surface area (Å²) in [7, 11) is 0. The number of aliphatic hydroxyl groups excluding tert-OH is 2. The minimum absolute atomic E-state index is 0.0686. The summed E-state index contributed by atoms with van der Waals surface area (Å²) in [6.07, 6.45) is 48.0. The fourth-order valence-electron chi connectivity index (χ4n) is 7.36. The molecular formula is C49H93NO5. The molecule has 0 aliphatic rings. The van der Waals surface area contributed by atoms with E-state index in [-0.39, 0.29) is 24.9 Å². The molecule has 1 amide bonds. The van der Waals surface area contributed by atoms with Crippen LogP contribution in [0.25, 0.3) is 0 Å². The first kappa shape index (κ1) is 53.3. The molecule has 0 aromatic carbocycles. The smallest absolute Gasteiger partial charge is 0.306 e. The maximum absolute atomic E-state index is 13.1. The van der Waals surface area contributed by atoms with Gasteiger partial charge in [0.05, 0.1) is 25.2 Å². The first-order valence-electron chi connectivity index (χ1n) is 24.1. The topological polar surface area (TPSA) is 95.9 Å². The zero-order chi connectivity index (χ0) is 40.3. The van der Waals surface area contributed by atoms with E-state index in [1.165, 1.54) is 128 Å². The molecule has 0 radical (unpaired) electrons. The lowest BCUT2D eigenvalue weighted by molar-refractivity contribution is -0.151. The number of hydrogen-bond donors (Lipinski definition) is 3. The molecule has 0 fully saturated rings. The van der Waals surface area contributed by atoms with E-state index in [0.717, 1.165) is 77.0 Å². The molecule has 55 heavy (non-hydrogen) atoms. The van der Waals surface area contributed by atoms with Gasteiger partial charge in [0.25, 0.3) is 0 Å². The molecule has 6 nitrogen and oxygen atoms in total. The summed E-state index contributed by atoms with van der Waals surface area (Å²) >= 11 is 0. The molecule has 0 aliphatic heterocycles. The predicted octanol–water partition coefficient (Wildman–Crippen LogP) is 14.0. The van der Waals surface area contributed by atoms with Crippen molar-refractivity contribution >= 4 is 11.9 Å². The average molecular weight is 776 g/mol. The van der Waals surface area contributed by atoms with Gasteiger partial charge in [-0.15, -0.1) is 0 Å². The van der Waals surface area contributed by atoms with Crippen molar-refractivity contribution in [3.63, 3.8) is 0 Å². The van der Waals surface area contributed by atoms with E-state index in [2.05, 4.69) is 50.4 Å². The second-order valence-corrected chi connectivity index (χ2v) is 16.5. The molecule has 0 heterocycles. The fourth-order valence-corrected chi connectivity index (χ4v) is 7.36. The summed E-state index contributed by atoms with van der Waals surface area (Å²) < 4.78 is 5.91. The van der Waals surface area contributed by atoms with Crippen molar-refractivity contribution in [1.29, 1.82) is 0 Å². The highest BCUT2D eigenvalue weighted by molar-refractivity contribution is 5.77. The van der Waals surface area contributed by atoms with Crippen molar-refractivity contribution in [3.8, 4) is 0 Å². The number of hydrogen-bond acceptors (Lipinski definition) is 5. The maximum Gasteiger partial charge on any atom is 0.306 e. The normalized spacial score (nSPS) is 13.5. The van der Waals surface area contributed by atoms with Crippen LogP contribution in [0, 0.1) is 0 Å². The number of carbonyl (C=O) groups excluding carboxylic acids is 2. The second kappa shape index (κ2) is 43.5. The quantitative estimate of drug-likeness (QED) is 0.0326. The minimum Gasteiger partial charge on any atom is -0.462 e. The number of amides is 1. The predicted molar refractivity (Wildman–Crippen MR) is 236 cm³/mol. The molecule has 0 aromatic heterocycles. The molecule has 3 unspecified atom stereocenters. The van der Waals surface area contributed by atoms with Gasteiger partial charge < -0.3 is 20.3 Å². The highest BCUT2D eigenvalue weighted by Gasteiger charge is 2.24. The monoisotopic (exact) mass is 776 g/mol. The number of aliphatic hydroxyl groups is 2. The van der Waals surface area contributed by atoms with E-state index in [9.17, 15) is 19.8 Å². The summed E-state index contributed by atoms with van der Waals surface area (Å²) in [6.45, 7) is 6.43. The van der Waals surface area contributed by atoms with Crippen molar-refractivity contribution in [2.45, 2.75) is 270 Å². The van der Waals surface area contributed by atoms with E-state index in [0.29, 0.717) is 19.3 Å². The van der Waals surface area contributed by atoms with Gasteiger partial charge in [0.2, 0.25) is 5.91 Å². The van der Waals surface area contributed by atoms with Crippen molar-refractivity contribution < 1.29 is 24.5 Å². The first-order chi connectivity index (χ1) is 27.0. The van der Waals surface area contributed by atoms with Gasteiger partial charge in [0.1, 0.15) is 6.10 Å². The van der Waals surface area contributed by atoms with Crippen molar-refractivity contribution in [3.05, 3.63) is 24.3 Å². The molecule has 0 aromatic rings. The Bertz CT molecular complexity index is 873. The summed E-state index contributed by atoms with van der Waals surface area (Å²) in [5, 5.41) is 23.6. The minimum atomic E-state index is -0.787. The Hall–Kier alpha value is -1.66. The molecule has 0 spiro atoms. The fraction of sp³-hybridized carbons (Fsp3) is 0.878. The molecule has 3 atom stereocenters. The number of allylic oxidation sites excluding steroid dienone is 4. The van der Waals surface area contributed by atoms with E-state index in [4.69, 9.17) is 4.74 Å². The van der Waals surface area contributed by atoms with Gasteiger partial charge in [-0.2, -0.15) is 0 Å². The van der Waals surface area contributed by atoms with E-state index >= 15 is 0 Å². The number of carbonyl (C=O) groups is 2. The van der Waals surface area contributed by atoms with Gasteiger partial charge >= 0.3 is 5.97 Å². The van der Waals surface area contributed by atoms with E-state index in [1.807, 2.05) is 0 Å². The third-order valence-electron chi connectivity index (χ3n) is 11.1. The van der Waals surface area contributed by atoms with Crippen molar-refractivity contribution in [1.82, 2.24) is 5.32 Å². The molecule has 3 N–H and O–H groups in total. The van der Waals surface area contributed by atoms with Crippen molar-refractivity contribution in [2.24, 2.45) is 0 Å². The highest BCUT2D eigenvalue weighted by Crippen LogP contribution is 2.18. The van der Waals surface area contributed by atoms with Gasteiger partial charge in [-0.1, -0.05) is 212 Å². The summed E-state index contributed by atoms with van der Waals surface area (Å²) in [6, 6.07) is -0.701. The molecule has 0 rings (SSSR count). The van der Waals surface area contributed by atoms with Crippen LogP contribution >= 0.6 is 0 Å². The zero-order valence-electron chi connectivity index (χ0n) is 36.8. The second-order valence-electron chi connectivity index (χ2n) is 16.5. The summed E-state index contributed by atoms with van der Waals surface area (Å²) in [5.74, 6) is -0.485. The van der Waals surface area contributed by atoms with Crippen LogP contribution in [0.2, 0.25) is 0 Å². The number of ether oxygens (including phenoxy) is 1. The molecule has 0 aliphatic carbocycles. The molecule has 0 saturated carbocycles. The lowest BCUT2D eigenvalue weighted by atomic mass is 10.0. The third-order valence-corrected chi connectivity index (χ3v) is 11.1. The molecule has 6 heteroatoms. The van der Waals surface area contributed by atoms with Crippen LogP contribution in [0.15, 0.2) is 24.3 Å². The van der Waals surface area contributed by atoms with Gasteiger partial charge in [-0.05, 0) is 51.4 Å². The number of esters is 1. The Morgan fingerprint density at radius 3 is 1.38 bits per heavy atom. The Morgan fingerprint density at radius 2 is 0.909 bits per heavy atom. The van der Waals surface area contributed by atoms with Gasteiger partial charge in [0, 0.05) is 6.42 Å². The number of nitrogens with one attached hydrogen (secondary N) is 1. The lowest BCUT2D eigenvalue weighted by Crippen LogP contribution is -2.46. The molecule has 324 valence electrons. The van der Waals surface area contributed by atoms with Crippen molar-refractivity contribution in [2.75, 3.05) is 6.61 Å². The number of unbranched alkanes of at least 4 members (excludes halogenated alkanes) is 28. The Morgan fingerprint density at radius 1 is 0.527 bits per heavy atom. The Balaban J connectivity index is 4.61. The van der Waals surface area contributed by atoms with Crippen LogP contribution < -0.4 is 5.32 Å². The highest BCUT2D eigenvalue weighted by atomic mass is 16.5. The average Bonchev–Trinajstić information content (AvgIpc) is 3.18. The van der Waals surface area contributed by atoms with Crippen LogP contribution in [0.3, 0.4) is 0 Å². The number of rotatable bonds is 43. The van der Waals surface area contributed by atoms with E-state index < -0.39 is 18.2 Å². The first-order valence-corrected chi connectivity index (χ1v) is 24.1. The van der Waals surface area contributed by atoms with Gasteiger partial charge in [-0.3, -0.25) is 9.59 Å². The maximum atomic E-state index is 13.1. The molecule has 0 saturated heterocycles. The van der Waals surface area contributed by atoms with Crippen LogP contribution in [-0.4, -0.2) is 46.9 Å². The standard InChI is InChI=1S/C49H93NO5/c1-4-7-10-13-16-19-22-24-26-28-31-34-37-40-45(55-49(54)42-39-36-33-30-27-25-23-20-17-14-11-8-5-2)43-48(53)50-46(44-51)47(52)41-38-35-32-29-21-18-15-12-9-6-3/h16,19,22,24,45-47,51-52H,4-15,17-18,20-21,23,25-44H2,1-3H3,(H,50,53)/b19-16+,24-22+. The zero-order valence-corrected chi connectivity index (χ0v) is 36.8. The summed E-state index contributed by atoms with van der Waals surface area (Å²) in [4.78, 5) is 26.0. The Kier molecular flexibility index (Phi) is 42.2. The van der Waals surface area contributed by atoms with Gasteiger partial charge in [0.15, 0.2) is 0 Å². The molecular weight excluding hydrogens is 683 g/mol. The van der Waals surface area contributed by atoms with Crippen LogP contribution in [0.1, 0.15) is 252 Å². The Labute approximate surface area is 341 Å². The van der Waals surface area contributed by atoms with Crippen LogP contribution in [0.5, 0.6) is 0 Å². The largest absolute Gasteiger partial charge is 0.462 e. The van der Waals surface area contributed by atoms with Gasteiger partial charge in [-0.25, -0.2) is 0 Å². The van der Waals surface area contributed by atoms with Crippen LogP contribution in [0.4, 0.5) is 0 Å².